The Hall–Kier alpha value is -1.65. The fourth-order valence-corrected chi connectivity index (χ4v) is 1.91. The molecule has 1 aromatic carbocycles. The van der Waals surface area contributed by atoms with Crippen molar-refractivity contribution in [1.29, 1.82) is 0 Å². The van der Waals surface area contributed by atoms with Gasteiger partial charge in [-0.25, -0.2) is 4.79 Å². The van der Waals surface area contributed by atoms with Crippen molar-refractivity contribution in [3.05, 3.63) is 48.0 Å². The lowest BCUT2D eigenvalue weighted by molar-refractivity contribution is -0.134. The Balaban J connectivity index is 2.29. The molecule has 1 aromatic rings. The van der Waals surface area contributed by atoms with E-state index in [1.807, 2.05) is 43.3 Å². The highest BCUT2D eigenvalue weighted by atomic mass is 16.7. The minimum absolute atomic E-state index is 0.0216. The summed E-state index contributed by atoms with van der Waals surface area (Å²) in [6.07, 6.45) is 4.13. The fraction of sp³-hybridized carbons (Fsp3) is 0.471. The number of carbonyl (C=O) groups excluding carboxylic acids is 1. The Bertz CT molecular complexity index is 428. The Morgan fingerprint density at radius 1 is 1.29 bits per heavy atom. The second kappa shape index (κ2) is 10.1. The van der Waals surface area contributed by atoms with Crippen LogP contribution in [0.3, 0.4) is 0 Å². The van der Waals surface area contributed by atoms with Gasteiger partial charge in [0, 0.05) is 12.0 Å². The molecule has 4 nitrogen and oxygen atoms in total. The molecule has 116 valence electrons. The van der Waals surface area contributed by atoms with Crippen LogP contribution < -0.4 is 0 Å². The number of hydrogen-bond acceptors (Lipinski definition) is 4. The van der Waals surface area contributed by atoms with Crippen molar-refractivity contribution in [1.82, 2.24) is 0 Å². The minimum atomic E-state index is -0.346. The summed E-state index contributed by atoms with van der Waals surface area (Å²) in [5.41, 5.74) is 1.12. The first-order chi connectivity index (χ1) is 10.2. The standard InChI is InChI=1S/C17H24O4/c1-4-16(10-11-17(18)19-3)14(2)21-13-20-12-15-8-6-5-7-9-15/h5-11,14,16H,4,12-13H2,1-3H3/b11-10+/t14-,16+/m1/s1. The Morgan fingerprint density at radius 2 is 2.00 bits per heavy atom. The maximum absolute atomic E-state index is 11.1. The zero-order valence-electron chi connectivity index (χ0n) is 13.0. The zero-order valence-corrected chi connectivity index (χ0v) is 13.0. The van der Waals surface area contributed by atoms with Crippen LogP contribution in [-0.2, 0) is 25.6 Å². The number of carbonyl (C=O) groups is 1. The lowest BCUT2D eigenvalue weighted by Gasteiger charge is -2.20. The number of hydrogen-bond donors (Lipinski definition) is 0. The third kappa shape index (κ3) is 7.06. The molecule has 4 heteroatoms. The van der Waals surface area contributed by atoms with Gasteiger partial charge < -0.3 is 14.2 Å². The highest BCUT2D eigenvalue weighted by Gasteiger charge is 2.13. The molecule has 0 N–H and O–H groups in total. The monoisotopic (exact) mass is 292 g/mol. The summed E-state index contributed by atoms with van der Waals surface area (Å²) in [4.78, 5) is 11.1. The first kappa shape index (κ1) is 17.4. The van der Waals surface area contributed by atoms with Crippen molar-refractivity contribution in [3.8, 4) is 0 Å². The summed E-state index contributed by atoms with van der Waals surface area (Å²) in [6, 6.07) is 9.95. The molecular weight excluding hydrogens is 268 g/mol. The van der Waals surface area contributed by atoms with Crippen LogP contribution in [0.15, 0.2) is 42.5 Å². The van der Waals surface area contributed by atoms with E-state index in [-0.39, 0.29) is 24.8 Å². The van der Waals surface area contributed by atoms with Crippen LogP contribution in [0.25, 0.3) is 0 Å². The van der Waals surface area contributed by atoms with Crippen molar-refractivity contribution >= 4 is 5.97 Å². The van der Waals surface area contributed by atoms with E-state index < -0.39 is 0 Å². The minimum Gasteiger partial charge on any atom is -0.466 e. The quantitative estimate of drug-likeness (QED) is 0.303. The smallest absolute Gasteiger partial charge is 0.330 e. The Morgan fingerprint density at radius 3 is 2.62 bits per heavy atom. The van der Waals surface area contributed by atoms with Crippen LogP contribution >= 0.6 is 0 Å². The molecule has 0 aliphatic rings. The fourth-order valence-electron chi connectivity index (χ4n) is 1.91. The summed E-state index contributed by atoms with van der Waals surface area (Å²) in [5.74, 6) is -0.189. The highest BCUT2D eigenvalue weighted by molar-refractivity contribution is 5.81. The molecule has 0 amide bonds. The van der Waals surface area contributed by atoms with E-state index in [0.717, 1.165) is 12.0 Å². The van der Waals surface area contributed by atoms with Crippen LogP contribution in [0.4, 0.5) is 0 Å². The predicted octanol–water partition coefficient (Wildman–Crippen LogP) is 3.32. The Kier molecular flexibility index (Phi) is 8.40. The summed E-state index contributed by atoms with van der Waals surface area (Å²) in [5, 5.41) is 0. The van der Waals surface area contributed by atoms with Gasteiger partial charge in [0.05, 0.1) is 19.8 Å². The number of rotatable bonds is 9. The van der Waals surface area contributed by atoms with E-state index in [1.54, 1.807) is 0 Å². The van der Waals surface area contributed by atoms with Crippen molar-refractivity contribution in [3.63, 3.8) is 0 Å². The van der Waals surface area contributed by atoms with Crippen molar-refractivity contribution in [2.24, 2.45) is 5.92 Å². The van der Waals surface area contributed by atoms with E-state index in [4.69, 9.17) is 9.47 Å². The first-order valence-corrected chi connectivity index (χ1v) is 7.16. The van der Waals surface area contributed by atoms with Crippen molar-refractivity contribution < 1.29 is 19.0 Å². The van der Waals surface area contributed by atoms with Gasteiger partial charge in [-0.05, 0) is 18.9 Å². The summed E-state index contributed by atoms with van der Waals surface area (Å²) < 4.78 is 15.7. The topological polar surface area (TPSA) is 44.8 Å². The van der Waals surface area contributed by atoms with Gasteiger partial charge in [-0.15, -0.1) is 0 Å². The second-order valence-electron chi connectivity index (χ2n) is 4.78. The lowest BCUT2D eigenvalue weighted by atomic mass is 10.0. The molecular formula is C17H24O4. The summed E-state index contributed by atoms with van der Waals surface area (Å²) >= 11 is 0. The molecule has 0 saturated carbocycles. The highest BCUT2D eigenvalue weighted by Crippen LogP contribution is 2.14. The van der Waals surface area contributed by atoms with Gasteiger partial charge in [0.15, 0.2) is 0 Å². The third-order valence-electron chi connectivity index (χ3n) is 3.28. The maximum Gasteiger partial charge on any atom is 0.330 e. The van der Waals surface area contributed by atoms with Crippen LogP contribution in [0.5, 0.6) is 0 Å². The molecule has 2 atom stereocenters. The third-order valence-corrected chi connectivity index (χ3v) is 3.28. The van der Waals surface area contributed by atoms with Gasteiger partial charge >= 0.3 is 5.97 Å². The van der Waals surface area contributed by atoms with Crippen LogP contribution in [0, 0.1) is 5.92 Å². The molecule has 0 saturated heterocycles. The van der Waals surface area contributed by atoms with Crippen LogP contribution in [-0.4, -0.2) is 26.0 Å². The summed E-state index contributed by atoms with van der Waals surface area (Å²) in [7, 11) is 1.37. The largest absolute Gasteiger partial charge is 0.466 e. The molecule has 0 bridgehead atoms. The molecule has 0 fully saturated rings. The molecule has 0 aliphatic carbocycles. The molecule has 0 spiro atoms. The number of esters is 1. The Labute approximate surface area is 126 Å². The van der Waals surface area contributed by atoms with Gasteiger partial charge in [-0.1, -0.05) is 43.3 Å². The van der Waals surface area contributed by atoms with Gasteiger partial charge in [0.25, 0.3) is 0 Å². The number of benzene rings is 1. The normalized spacial score (nSPS) is 14.0. The van der Waals surface area contributed by atoms with Crippen LogP contribution in [0.2, 0.25) is 0 Å². The van der Waals surface area contributed by atoms with Gasteiger partial charge in [-0.3, -0.25) is 0 Å². The molecule has 0 aromatic heterocycles. The average molecular weight is 292 g/mol. The SMILES string of the molecule is CC[C@@H](/C=C/C(=O)OC)[C@@H](C)OCOCc1ccccc1. The van der Waals surface area contributed by atoms with Gasteiger partial charge in [0.2, 0.25) is 0 Å². The van der Waals surface area contributed by atoms with E-state index in [1.165, 1.54) is 13.2 Å². The van der Waals surface area contributed by atoms with Gasteiger partial charge in [0.1, 0.15) is 6.79 Å². The predicted molar refractivity (Wildman–Crippen MR) is 81.6 cm³/mol. The van der Waals surface area contributed by atoms with Crippen molar-refractivity contribution in [2.45, 2.75) is 33.0 Å². The second-order valence-corrected chi connectivity index (χ2v) is 4.78. The van der Waals surface area contributed by atoms with Gasteiger partial charge in [-0.2, -0.15) is 0 Å². The van der Waals surface area contributed by atoms with Crippen LogP contribution in [0.1, 0.15) is 25.8 Å². The maximum atomic E-state index is 11.1. The molecule has 0 aliphatic heterocycles. The average Bonchev–Trinajstić information content (AvgIpc) is 2.52. The first-order valence-electron chi connectivity index (χ1n) is 7.16. The van der Waals surface area contributed by atoms with E-state index in [0.29, 0.717) is 6.61 Å². The van der Waals surface area contributed by atoms with E-state index >= 15 is 0 Å². The van der Waals surface area contributed by atoms with E-state index in [9.17, 15) is 4.79 Å². The molecule has 0 unspecified atom stereocenters. The number of methoxy groups -OCH3 is 1. The number of ether oxygens (including phenoxy) is 3. The molecule has 0 heterocycles. The molecule has 21 heavy (non-hydrogen) atoms. The summed E-state index contributed by atoms with van der Waals surface area (Å²) in [6.45, 7) is 4.79. The van der Waals surface area contributed by atoms with E-state index in [2.05, 4.69) is 11.7 Å². The van der Waals surface area contributed by atoms with Crippen molar-refractivity contribution in [2.75, 3.05) is 13.9 Å². The molecule has 1 rings (SSSR count). The zero-order chi connectivity index (χ0) is 15.5. The lowest BCUT2D eigenvalue weighted by Crippen LogP contribution is -2.20. The molecule has 0 radical (unpaired) electrons.